The smallest absolute Gasteiger partial charge is 0.230 e. The molecule has 0 radical (unpaired) electrons. The number of likely N-dealkylation sites (tertiary alicyclic amines) is 1. The molecule has 1 N–H and O–H groups in total. The second-order valence-electron chi connectivity index (χ2n) is 5.83. The fraction of sp³-hybridized carbons (Fsp3) is 0.588. The minimum absolute atomic E-state index is 0.0334. The predicted octanol–water partition coefficient (Wildman–Crippen LogP) is 2.80. The summed E-state index contributed by atoms with van der Waals surface area (Å²) in [5.41, 5.74) is 1.11. The molecule has 1 aromatic carbocycles. The molecule has 0 bridgehead atoms. The Morgan fingerprint density at radius 1 is 1.40 bits per heavy atom. The van der Waals surface area contributed by atoms with Crippen molar-refractivity contribution in [2.75, 3.05) is 13.1 Å². The number of benzene rings is 1. The Kier molecular flexibility index (Phi) is 5.18. The zero-order valence-electron chi connectivity index (χ0n) is 12.5. The van der Waals surface area contributed by atoms with Crippen molar-refractivity contribution in [2.45, 2.75) is 45.1 Å². The lowest BCUT2D eigenvalue weighted by Crippen LogP contribution is -2.34. The van der Waals surface area contributed by atoms with E-state index < -0.39 is 0 Å². The normalized spacial score (nSPS) is 21.8. The van der Waals surface area contributed by atoms with Crippen molar-refractivity contribution in [3.05, 3.63) is 35.9 Å². The minimum atomic E-state index is -0.325. The van der Waals surface area contributed by atoms with Gasteiger partial charge >= 0.3 is 0 Å². The third-order valence-electron chi connectivity index (χ3n) is 4.30. The average molecular weight is 275 g/mol. The summed E-state index contributed by atoms with van der Waals surface area (Å²) in [5, 5.41) is 9.67. The predicted molar refractivity (Wildman–Crippen MR) is 80.5 cm³/mol. The van der Waals surface area contributed by atoms with Gasteiger partial charge in [0.25, 0.3) is 0 Å². The zero-order valence-corrected chi connectivity index (χ0v) is 12.5. The molecule has 1 aromatic rings. The Balaban J connectivity index is 2.09. The zero-order chi connectivity index (χ0) is 14.5. The molecule has 20 heavy (non-hydrogen) atoms. The summed E-state index contributed by atoms with van der Waals surface area (Å²) in [7, 11) is 0. The summed E-state index contributed by atoms with van der Waals surface area (Å²) in [6.45, 7) is 5.41. The molecule has 0 saturated carbocycles. The highest BCUT2D eigenvalue weighted by molar-refractivity contribution is 5.84. The number of aliphatic hydroxyl groups excluding tert-OH is 1. The molecular weight excluding hydrogens is 250 g/mol. The Morgan fingerprint density at radius 2 is 2.10 bits per heavy atom. The quantitative estimate of drug-likeness (QED) is 0.897. The molecule has 3 nitrogen and oxygen atoms in total. The van der Waals surface area contributed by atoms with E-state index in [4.69, 9.17) is 0 Å². The molecule has 3 atom stereocenters. The Bertz CT molecular complexity index is 430. The van der Waals surface area contributed by atoms with Crippen LogP contribution >= 0.6 is 0 Å². The van der Waals surface area contributed by atoms with Crippen LogP contribution in [0.3, 0.4) is 0 Å². The first-order valence-electron chi connectivity index (χ1n) is 7.65. The number of aliphatic hydroxyl groups is 1. The largest absolute Gasteiger partial charge is 0.393 e. The van der Waals surface area contributed by atoms with Gasteiger partial charge in [-0.05, 0) is 25.3 Å². The van der Waals surface area contributed by atoms with Gasteiger partial charge in [-0.1, -0.05) is 43.7 Å². The van der Waals surface area contributed by atoms with E-state index in [9.17, 15) is 9.90 Å². The number of amides is 1. The van der Waals surface area contributed by atoms with Crippen molar-refractivity contribution in [3.8, 4) is 0 Å². The topological polar surface area (TPSA) is 40.5 Å². The minimum Gasteiger partial charge on any atom is -0.393 e. The van der Waals surface area contributed by atoms with Crippen LogP contribution in [0.15, 0.2) is 30.3 Å². The lowest BCUT2D eigenvalue weighted by atomic mass is 9.93. The number of carbonyl (C=O) groups is 1. The number of hydrogen-bond donors (Lipinski definition) is 1. The highest BCUT2D eigenvalue weighted by Crippen LogP contribution is 2.28. The Morgan fingerprint density at radius 3 is 2.65 bits per heavy atom. The van der Waals surface area contributed by atoms with Crippen molar-refractivity contribution < 1.29 is 9.90 Å². The monoisotopic (exact) mass is 275 g/mol. The molecule has 1 amide bonds. The van der Waals surface area contributed by atoms with E-state index in [1.807, 2.05) is 42.2 Å². The maximum Gasteiger partial charge on any atom is 0.230 e. The van der Waals surface area contributed by atoms with Crippen molar-refractivity contribution in [1.29, 1.82) is 0 Å². The molecule has 1 fully saturated rings. The molecule has 0 aliphatic carbocycles. The molecule has 1 aliphatic heterocycles. The first-order valence-corrected chi connectivity index (χ1v) is 7.65. The van der Waals surface area contributed by atoms with Gasteiger partial charge in [0.15, 0.2) is 0 Å². The van der Waals surface area contributed by atoms with Crippen LogP contribution in [0.4, 0.5) is 0 Å². The second kappa shape index (κ2) is 6.89. The van der Waals surface area contributed by atoms with Crippen molar-refractivity contribution >= 4 is 5.91 Å². The highest BCUT2D eigenvalue weighted by Gasteiger charge is 2.32. The van der Waals surface area contributed by atoms with Crippen LogP contribution in [0.2, 0.25) is 0 Å². The van der Waals surface area contributed by atoms with E-state index in [0.717, 1.165) is 31.4 Å². The van der Waals surface area contributed by atoms with Crippen LogP contribution < -0.4 is 0 Å². The Hall–Kier alpha value is -1.35. The van der Waals surface area contributed by atoms with Gasteiger partial charge in [0.05, 0.1) is 12.0 Å². The molecular formula is C17H25NO2. The van der Waals surface area contributed by atoms with Gasteiger partial charge in [0, 0.05) is 19.0 Å². The highest BCUT2D eigenvalue weighted by atomic mass is 16.3. The molecule has 0 aromatic heterocycles. The summed E-state index contributed by atoms with van der Waals surface area (Å²) >= 11 is 0. The molecule has 3 heteroatoms. The average Bonchev–Trinajstić information content (AvgIpc) is 2.95. The Labute approximate surface area is 121 Å². The van der Waals surface area contributed by atoms with Gasteiger partial charge < -0.3 is 10.0 Å². The van der Waals surface area contributed by atoms with Crippen molar-refractivity contribution in [3.63, 3.8) is 0 Å². The number of carbonyl (C=O) groups excluding carboxylic acids is 1. The SMILES string of the molecule is CCC[C@H](C(=O)N1CC[C@H]([C@@H](C)O)C1)c1ccccc1. The van der Waals surface area contributed by atoms with E-state index in [0.29, 0.717) is 6.54 Å². The van der Waals surface area contributed by atoms with Gasteiger partial charge in [0.1, 0.15) is 0 Å². The number of nitrogens with zero attached hydrogens (tertiary/aromatic N) is 1. The van der Waals surface area contributed by atoms with E-state index in [1.54, 1.807) is 0 Å². The maximum absolute atomic E-state index is 12.7. The lowest BCUT2D eigenvalue weighted by Gasteiger charge is -2.24. The summed E-state index contributed by atoms with van der Waals surface area (Å²) in [6.07, 6.45) is 2.48. The molecule has 110 valence electrons. The van der Waals surface area contributed by atoms with Crippen LogP contribution in [0.5, 0.6) is 0 Å². The summed E-state index contributed by atoms with van der Waals surface area (Å²) in [6, 6.07) is 10.1. The molecule has 1 aliphatic rings. The standard InChI is InChI=1S/C17H25NO2/c1-3-7-16(14-8-5-4-6-9-14)17(20)18-11-10-15(12-18)13(2)19/h4-6,8-9,13,15-16,19H,3,7,10-12H2,1-2H3/t13-,15+,16+/m1/s1. The molecule has 2 rings (SSSR count). The summed E-state index contributed by atoms with van der Waals surface area (Å²) < 4.78 is 0. The third-order valence-corrected chi connectivity index (χ3v) is 4.30. The maximum atomic E-state index is 12.7. The fourth-order valence-corrected chi connectivity index (χ4v) is 3.01. The van der Waals surface area contributed by atoms with Crippen LogP contribution in [-0.4, -0.2) is 35.1 Å². The van der Waals surface area contributed by atoms with Gasteiger partial charge in [-0.25, -0.2) is 0 Å². The molecule has 0 unspecified atom stereocenters. The van der Waals surface area contributed by atoms with Gasteiger partial charge in [0.2, 0.25) is 5.91 Å². The van der Waals surface area contributed by atoms with E-state index in [2.05, 4.69) is 6.92 Å². The van der Waals surface area contributed by atoms with E-state index >= 15 is 0 Å². The fourth-order valence-electron chi connectivity index (χ4n) is 3.01. The molecule has 1 saturated heterocycles. The van der Waals surface area contributed by atoms with Crippen LogP contribution in [0.25, 0.3) is 0 Å². The van der Waals surface area contributed by atoms with Gasteiger partial charge in [-0.15, -0.1) is 0 Å². The van der Waals surface area contributed by atoms with Crippen molar-refractivity contribution in [1.82, 2.24) is 4.90 Å². The molecule has 1 heterocycles. The second-order valence-corrected chi connectivity index (χ2v) is 5.83. The van der Waals surface area contributed by atoms with E-state index in [1.165, 1.54) is 0 Å². The lowest BCUT2D eigenvalue weighted by molar-refractivity contribution is -0.132. The summed E-state index contributed by atoms with van der Waals surface area (Å²) in [5.74, 6) is 0.423. The first-order chi connectivity index (χ1) is 9.63. The van der Waals surface area contributed by atoms with E-state index in [-0.39, 0.29) is 23.8 Å². The number of hydrogen-bond acceptors (Lipinski definition) is 2. The van der Waals surface area contributed by atoms with Crippen LogP contribution in [0, 0.1) is 5.92 Å². The van der Waals surface area contributed by atoms with Gasteiger partial charge in [-0.3, -0.25) is 4.79 Å². The third kappa shape index (κ3) is 3.40. The number of rotatable bonds is 5. The first kappa shape index (κ1) is 15.0. The molecule has 0 spiro atoms. The van der Waals surface area contributed by atoms with Gasteiger partial charge in [-0.2, -0.15) is 0 Å². The van der Waals surface area contributed by atoms with Crippen LogP contribution in [-0.2, 0) is 4.79 Å². The van der Waals surface area contributed by atoms with Crippen molar-refractivity contribution in [2.24, 2.45) is 5.92 Å². The van der Waals surface area contributed by atoms with Crippen LogP contribution in [0.1, 0.15) is 44.6 Å². The summed E-state index contributed by atoms with van der Waals surface area (Å²) in [4.78, 5) is 14.7.